The number of anilines is 2. The van der Waals surface area contributed by atoms with Gasteiger partial charge in [-0.15, -0.1) is 24.0 Å². The maximum absolute atomic E-state index is 5.35. The quantitative estimate of drug-likeness (QED) is 0.321. The molecule has 1 saturated heterocycles. The molecule has 1 fully saturated rings. The lowest BCUT2D eigenvalue weighted by Crippen LogP contribution is -2.49. The normalized spacial score (nSPS) is 14.6. The SMILES string of the molecule is CN=C(NCCN1CCN(c2ncccn2)CC1)Nc1ccc(OC)c(OC)c1.I. The van der Waals surface area contributed by atoms with Crippen molar-refractivity contribution in [3.05, 3.63) is 36.7 Å². The van der Waals surface area contributed by atoms with Crippen LogP contribution in [0.2, 0.25) is 0 Å². The monoisotopic (exact) mass is 527 g/mol. The fourth-order valence-corrected chi connectivity index (χ4v) is 3.19. The zero-order chi connectivity index (χ0) is 20.5. The first-order valence-electron chi connectivity index (χ1n) is 9.67. The molecule has 0 saturated carbocycles. The van der Waals surface area contributed by atoms with Crippen molar-refractivity contribution in [3.8, 4) is 11.5 Å². The minimum atomic E-state index is 0. The van der Waals surface area contributed by atoms with Crippen LogP contribution in [-0.2, 0) is 0 Å². The number of halogens is 1. The molecule has 30 heavy (non-hydrogen) atoms. The van der Waals surface area contributed by atoms with Gasteiger partial charge in [0.05, 0.1) is 14.2 Å². The van der Waals surface area contributed by atoms with E-state index >= 15 is 0 Å². The average molecular weight is 527 g/mol. The Labute approximate surface area is 194 Å². The van der Waals surface area contributed by atoms with Crippen LogP contribution in [0.5, 0.6) is 11.5 Å². The van der Waals surface area contributed by atoms with Crippen LogP contribution in [0.3, 0.4) is 0 Å². The van der Waals surface area contributed by atoms with Crippen molar-refractivity contribution in [1.82, 2.24) is 20.2 Å². The molecule has 0 bridgehead atoms. The van der Waals surface area contributed by atoms with E-state index in [-0.39, 0.29) is 24.0 Å². The molecule has 164 valence electrons. The Morgan fingerprint density at radius 3 is 2.40 bits per heavy atom. The number of benzene rings is 1. The lowest BCUT2D eigenvalue weighted by atomic mass is 10.2. The number of aliphatic imine (C=N–C) groups is 1. The van der Waals surface area contributed by atoms with Crippen molar-refractivity contribution < 1.29 is 9.47 Å². The number of ether oxygens (including phenoxy) is 2. The van der Waals surface area contributed by atoms with Gasteiger partial charge in [-0.05, 0) is 18.2 Å². The van der Waals surface area contributed by atoms with Crippen molar-refractivity contribution in [2.75, 3.05) is 70.8 Å². The lowest BCUT2D eigenvalue weighted by Gasteiger charge is -2.34. The molecule has 1 aliphatic rings. The van der Waals surface area contributed by atoms with Gasteiger partial charge >= 0.3 is 0 Å². The number of hydrogen-bond donors (Lipinski definition) is 2. The van der Waals surface area contributed by atoms with Crippen LogP contribution >= 0.6 is 24.0 Å². The minimum absolute atomic E-state index is 0. The lowest BCUT2D eigenvalue weighted by molar-refractivity contribution is 0.260. The Morgan fingerprint density at radius 1 is 1.07 bits per heavy atom. The Hall–Kier alpha value is -2.34. The highest BCUT2D eigenvalue weighted by Gasteiger charge is 2.18. The first-order chi connectivity index (χ1) is 14.2. The Balaban J connectivity index is 0.00000320. The van der Waals surface area contributed by atoms with Crippen molar-refractivity contribution in [1.29, 1.82) is 0 Å². The number of methoxy groups -OCH3 is 2. The van der Waals surface area contributed by atoms with E-state index in [1.807, 2.05) is 24.3 Å². The topological polar surface area (TPSA) is 87.1 Å². The maximum Gasteiger partial charge on any atom is 0.225 e. The van der Waals surface area contributed by atoms with Crippen molar-refractivity contribution in [2.45, 2.75) is 0 Å². The Morgan fingerprint density at radius 2 is 1.77 bits per heavy atom. The molecule has 2 aromatic rings. The van der Waals surface area contributed by atoms with Gasteiger partial charge in [-0.25, -0.2) is 9.97 Å². The van der Waals surface area contributed by atoms with Crippen LogP contribution < -0.4 is 25.0 Å². The van der Waals surface area contributed by atoms with Gasteiger partial charge in [-0.2, -0.15) is 0 Å². The number of guanidine groups is 1. The third kappa shape index (κ3) is 6.59. The molecular weight excluding hydrogens is 497 g/mol. The molecule has 0 unspecified atom stereocenters. The van der Waals surface area contributed by atoms with Gasteiger partial charge in [0.25, 0.3) is 0 Å². The molecule has 1 aromatic heterocycles. The third-order valence-electron chi connectivity index (χ3n) is 4.80. The second-order valence-electron chi connectivity index (χ2n) is 6.57. The predicted octanol–water partition coefficient (Wildman–Crippen LogP) is 1.92. The smallest absolute Gasteiger partial charge is 0.225 e. The molecule has 0 aliphatic carbocycles. The van der Waals surface area contributed by atoms with E-state index in [4.69, 9.17) is 9.47 Å². The summed E-state index contributed by atoms with van der Waals surface area (Å²) in [7, 11) is 5.01. The maximum atomic E-state index is 5.35. The first kappa shape index (κ1) is 23.9. The average Bonchev–Trinajstić information content (AvgIpc) is 2.79. The highest BCUT2D eigenvalue weighted by molar-refractivity contribution is 14.0. The third-order valence-corrected chi connectivity index (χ3v) is 4.80. The zero-order valence-corrected chi connectivity index (χ0v) is 20.0. The number of nitrogens with one attached hydrogen (secondary N) is 2. The van der Waals surface area contributed by atoms with E-state index in [1.54, 1.807) is 33.7 Å². The molecule has 1 aromatic carbocycles. The van der Waals surface area contributed by atoms with Crippen LogP contribution in [0.4, 0.5) is 11.6 Å². The number of piperazine rings is 1. The second kappa shape index (κ2) is 12.4. The van der Waals surface area contributed by atoms with Gasteiger partial charge in [0.1, 0.15) is 0 Å². The minimum Gasteiger partial charge on any atom is -0.493 e. The summed E-state index contributed by atoms with van der Waals surface area (Å²) in [5.74, 6) is 2.90. The van der Waals surface area contributed by atoms with Crippen LogP contribution in [0, 0.1) is 0 Å². The standard InChI is InChI=1S/C20H29N7O2.HI/c1-21-19(25-16-5-6-17(28-2)18(15-16)29-3)22-9-10-26-11-13-27(14-12-26)20-23-7-4-8-24-20;/h4-8,15H,9-14H2,1-3H3,(H2,21,22,25);1H. The summed E-state index contributed by atoms with van der Waals surface area (Å²) in [6.07, 6.45) is 3.57. The van der Waals surface area contributed by atoms with E-state index in [9.17, 15) is 0 Å². The largest absolute Gasteiger partial charge is 0.493 e. The summed E-state index contributed by atoms with van der Waals surface area (Å²) < 4.78 is 10.6. The number of hydrogen-bond acceptors (Lipinski definition) is 7. The summed E-state index contributed by atoms with van der Waals surface area (Å²) in [5.41, 5.74) is 0.882. The fourth-order valence-electron chi connectivity index (χ4n) is 3.19. The van der Waals surface area contributed by atoms with E-state index in [1.165, 1.54) is 0 Å². The predicted molar refractivity (Wildman–Crippen MR) is 131 cm³/mol. The summed E-state index contributed by atoms with van der Waals surface area (Å²) in [6.45, 7) is 5.58. The van der Waals surface area contributed by atoms with E-state index in [2.05, 4.69) is 35.4 Å². The molecule has 1 aliphatic heterocycles. The zero-order valence-electron chi connectivity index (χ0n) is 17.7. The highest BCUT2D eigenvalue weighted by atomic mass is 127. The molecule has 0 radical (unpaired) electrons. The summed E-state index contributed by atoms with van der Waals surface area (Å²) in [4.78, 5) is 17.6. The van der Waals surface area contributed by atoms with Gasteiger partial charge in [-0.3, -0.25) is 9.89 Å². The highest BCUT2D eigenvalue weighted by Crippen LogP contribution is 2.29. The van der Waals surface area contributed by atoms with Crippen LogP contribution in [0.15, 0.2) is 41.7 Å². The first-order valence-corrected chi connectivity index (χ1v) is 9.67. The molecule has 0 atom stereocenters. The molecule has 0 amide bonds. The Bertz CT molecular complexity index is 799. The molecule has 10 heteroatoms. The van der Waals surface area contributed by atoms with Crippen molar-refractivity contribution in [2.24, 2.45) is 4.99 Å². The second-order valence-corrected chi connectivity index (χ2v) is 6.57. The van der Waals surface area contributed by atoms with Crippen LogP contribution in [0.25, 0.3) is 0 Å². The van der Waals surface area contributed by atoms with Crippen LogP contribution in [-0.4, -0.2) is 81.4 Å². The van der Waals surface area contributed by atoms with Crippen molar-refractivity contribution in [3.63, 3.8) is 0 Å². The van der Waals surface area contributed by atoms with Crippen LogP contribution in [0.1, 0.15) is 0 Å². The van der Waals surface area contributed by atoms with E-state index in [0.29, 0.717) is 17.5 Å². The molecule has 0 spiro atoms. The molecule has 2 N–H and O–H groups in total. The Kier molecular flexibility index (Phi) is 9.87. The summed E-state index contributed by atoms with van der Waals surface area (Å²) >= 11 is 0. The van der Waals surface area contributed by atoms with Gasteiger partial charge < -0.3 is 25.0 Å². The van der Waals surface area contributed by atoms with Gasteiger partial charge in [0, 0.05) is 70.5 Å². The molecule has 3 rings (SSSR count). The summed E-state index contributed by atoms with van der Waals surface area (Å²) in [6, 6.07) is 7.52. The number of aromatic nitrogens is 2. The molecular formula is C20H30IN7O2. The van der Waals surface area contributed by atoms with Gasteiger partial charge in [0.2, 0.25) is 5.95 Å². The molecule has 2 heterocycles. The van der Waals surface area contributed by atoms with Gasteiger partial charge in [-0.1, -0.05) is 0 Å². The van der Waals surface area contributed by atoms with Gasteiger partial charge in [0.15, 0.2) is 17.5 Å². The van der Waals surface area contributed by atoms with Crippen molar-refractivity contribution >= 4 is 41.6 Å². The van der Waals surface area contributed by atoms with E-state index in [0.717, 1.165) is 50.9 Å². The summed E-state index contributed by atoms with van der Waals surface area (Å²) in [5, 5.41) is 6.64. The van der Waals surface area contributed by atoms with E-state index < -0.39 is 0 Å². The number of rotatable bonds is 7. The number of nitrogens with zero attached hydrogens (tertiary/aromatic N) is 5. The fraction of sp³-hybridized carbons (Fsp3) is 0.450. The molecule has 9 nitrogen and oxygen atoms in total.